The van der Waals surface area contributed by atoms with Crippen molar-refractivity contribution in [2.75, 3.05) is 32.6 Å². The molecule has 17 heavy (non-hydrogen) atoms. The van der Waals surface area contributed by atoms with Crippen molar-refractivity contribution >= 4 is 5.69 Å². The monoisotopic (exact) mass is 236 g/mol. The molecule has 0 spiro atoms. The lowest BCUT2D eigenvalue weighted by atomic mass is 10.1. The molecule has 1 unspecified atom stereocenters. The molecular weight excluding hydrogens is 216 g/mol. The van der Waals surface area contributed by atoms with Gasteiger partial charge < -0.3 is 15.2 Å². The molecule has 1 fully saturated rings. The third-order valence-corrected chi connectivity index (χ3v) is 3.23. The van der Waals surface area contributed by atoms with Crippen LogP contribution in [0.5, 0.6) is 5.75 Å². The Balaban J connectivity index is 2.07. The number of hydrogen-bond donors (Lipinski definition) is 1. The van der Waals surface area contributed by atoms with Crippen molar-refractivity contribution < 1.29 is 9.47 Å². The average molecular weight is 236 g/mol. The minimum absolute atomic E-state index is 0.449. The standard InChI is InChI=1S/C13H20N2O2/c1-10-9-17-6-5-15(10)8-11-3-4-12(16-2)7-13(11)14/h3-4,7,10H,5-6,8-9,14H2,1-2H3. The summed E-state index contributed by atoms with van der Waals surface area (Å²) in [4.78, 5) is 2.39. The van der Waals surface area contributed by atoms with E-state index in [1.165, 1.54) is 0 Å². The van der Waals surface area contributed by atoms with Crippen molar-refractivity contribution in [1.82, 2.24) is 4.90 Å². The largest absolute Gasteiger partial charge is 0.497 e. The Morgan fingerprint density at radius 2 is 2.35 bits per heavy atom. The van der Waals surface area contributed by atoms with Crippen LogP contribution in [0.1, 0.15) is 12.5 Å². The summed E-state index contributed by atoms with van der Waals surface area (Å²) >= 11 is 0. The van der Waals surface area contributed by atoms with Crippen LogP contribution >= 0.6 is 0 Å². The van der Waals surface area contributed by atoms with Crippen molar-refractivity contribution in [2.45, 2.75) is 19.5 Å². The summed E-state index contributed by atoms with van der Waals surface area (Å²) in [6.07, 6.45) is 0. The lowest BCUT2D eigenvalue weighted by Crippen LogP contribution is -2.43. The molecule has 2 rings (SSSR count). The maximum atomic E-state index is 6.02. The molecule has 0 saturated carbocycles. The number of nitrogen functional groups attached to an aromatic ring is 1. The number of nitrogens with two attached hydrogens (primary N) is 1. The maximum Gasteiger partial charge on any atom is 0.120 e. The van der Waals surface area contributed by atoms with Crippen LogP contribution in [-0.4, -0.2) is 37.8 Å². The molecule has 1 atom stereocenters. The van der Waals surface area contributed by atoms with Gasteiger partial charge in [0.2, 0.25) is 0 Å². The molecule has 2 N–H and O–H groups in total. The quantitative estimate of drug-likeness (QED) is 0.808. The SMILES string of the molecule is COc1ccc(CN2CCOCC2C)c(N)c1. The van der Waals surface area contributed by atoms with Gasteiger partial charge in [0.1, 0.15) is 5.75 Å². The maximum absolute atomic E-state index is 6.02. The smallest absolute Gasteiger partial charge is 0.120 e. The third-order valence-electron chi connectivity index (χ3n) is 3.23. The predicted octanol–water partition coefficient (Wildman–Crippen LogP) is 1.50. The Morgan fingerprint density at radius 3 is 3.00 bits per heavy atom. The van der Waals surface area contributed by atoms with Gasteiger partial charge in [0.25, 0.3) is 0 Å². The van der Waals surface area contributed by atoms with E-state index in [4.69, 9.17) is 15.2 Å². The lowest BCUT2D eigenvalue weighted by Gasteiger charge is -2.33. The number of morpholine rings is 1. The summed E-state index contributed by atoms with van der Waals surface area (Å²) in [6.45, 7) is 5.63. The lowest BCUT2D eigenvalue weighted by molar-refractivity contribution is -0.00428. The van der Waals surface area contributed by atoms with Crippen LogP contribution in [0.2, 0.25) is 0 Å². The van der Waals surface area contributed by atoms with E-state index in [0.29, 0.717) is 6.04 Å². The molecule has 0 bridgehead atoms. The van der Waals surface area contributed by atoms with Gasteiger partial charge in [-0.2, -0.15) is 0 Å². The second-order valence-corrected chi connectivity index (χ2v) is 4.46. The molecule has 1 aromatic carbocycles. The molecule has 1 heterocycles. The highest BCUT2D eigenvalue weighted by atomic mass is 16.5. The highest BCUT2D eigenvalue weighted by Crippen LogP contribution is 2.22. The Morgan fingerprint density at radius 1 is 1.53 bits per heavy atom. The number of rotatable bonds is 3. The Kier molecular flexibility index (Phi) is 3.86. The fourth-order valence-electron chi connectivity index (χ4n) is 2.06. The molecule has 4 heteroatoms. The van der Waals surface area contributed by atoms with Crippen LogP contribution < -0.4 is 10.5 Å². The molecule has 0 aromatic heterocycles. The minimum atomic E-state index is 0.449. The second kappa shape index (κ2) is 5.38. The molecule has 94 valence electrons. The Hall–Kier alpha value is -1.26. The highest BCUT2D eigenvalue weighted by Gasteiger charge is 2.19. The van der Waals surface area contributed by atoms with Gasteiger partial charge in [-0.1, -0.05) is 6.07 Å². The third kappa shape index (κ3) is 2.90. The molecular formula is C13H20N2O2. The summed E-state index contributed by atoms with van der Waals surface area (Å²) in [7, 11) is 1.65. The first-order valence-corrected chi connectivity index (χ1v) is 5.95. The zero-order chi connectivity index (χ0) is 12.3. The number of benzene rings is 1. The Labute approximate surface area is 102 Å². The number of ether oxygens (including phenoxy) is 2. The van der Waals surface area contributed by atoms with E-state index in [0.717, 1.165) is 43.3 Å². The molecule has 4 nitrogen and oxygen atoms in total. The molecule has 1 saturated heterocycles. The van der Waals surface area contributed by atoms with Crippen LogP contribution in [0.15, 0.2) is 18.2 Å². The van der Waals surface area contributed by atoms with Gasteiger partial charge in [-0.05, 0) is 18.6 Å². The van der Waals surface area contributed by atoms with Crippen molar-refractivity contribution in [2.24, 2.45) is 0 Å². The first-order valence-electron chi connectivity index (χ1n) is 5.95. The van der Waals surface area contributed by atoms with E-state index in [1.54, 1.807) is 7.11 Å². The first kappa shape index (κ1) is 12.2. The molecule has 0 aliphatic carbocycles. The molecule has 0 radical (unpaired) electrons. The van der Waals surface area contributed by atoms with Gasteiger partial charge in [-0.25, -0.2) is 0 Å². The van der Waals surface area contributed by atoms with Crippen molar-refractivity contribution in [1.29, 1.82) is 0 Å². The van der Waals surface area contributed by atoms with E-state index in [1.807, 2.05) is 18.2 Å². The minimum Gasteiger partial charge on any atom is -0.497 e. The van der Waals surface area contributed by atoms with Crippen LogP contribution in [0.25, 0.3) is 0 Å². The van der Waals surface area contributed by atoms with Crippen LogP contribution in [0.3, 0.4) is 0 Å². The zero-order valence-corrected chi connectivity index (χ0v) is 10.5. The van der Waals surface area contributed by atoms with Crippen LogP contribution in [0.4, 0.5) is 5.69 Å². The topological polar surface area (TPSA) is 47.7 Å². The predicted molar refractivity (Wildman–Crippen MR) is 68.1 cm³/mol. The summed E-state index contributed by atoms with van der Waals surface area (Å²) in [6, 6.07) is 6.32. The van der Waals surface area contributed by atoms with Crippen LogP contribution in [0, 0.1) is 0 Å². The van der Waals surface area contributed by atoms with Gasteiger partial charge in [0.05, 0.1) is 20.3 Å². The summed E-state index contributed by atoms with van der Waals surface area (Å²) in [5, 5.41) is 0. The van der Waals surface area contributed by atoms with Gasteiger partial charge in [-0.3, -0.25) is 4.90 Å². The summed E-state index contributed by atoms with van der Waals surface area (Å²) < 4.78 is 10.6. The fourth-order valence-corrected chi connectivity index (χ4v) is 2.06. The summed E-state index contributed by atoms with van der Waals surface area (Å²) in [5.74, 6) is 0.807. The van der Waals surface area contributed by atoms with E-state index in [-0.39, 0.29) is 0 Å². The molecule has 0 amide bonds. The van der Waals surface area contributed by atoms with Crippen molar-refractivity contribution in [3.8, 4) is 5.75 Å². The van der Waals surface area contributed by atoms with Crippen molar-refractivity contribution in [3.63, 3.8) is 0 Å². The zero-order valence-electron chi connectivity index (χ0n) is 10.5. The number of anilines is 1. The van der Waals surface area contributed by atoms with Gasteiger partial charge >= 0.3 is 0 Å². The molecule has 1 aromatic rings. The number of methoxy groups -OCH3 is 1. The van der Waals surface area contributed by atoms with E-state index in [2.05, 4.69) is 11.8 Å². The van der Waals surface area contributed by atoms with Gasteiger partial charge in [0, 0.05) is 30.9 Å². The fraction of sp³-hybridized carbons (Fsp3) is 0.538. The first-order chi connectivity index (χ1) is 8.20. The normalized spacial score (nSPS) is 21.4. The van der Waals surface area contributed by atoms with Gasteiger partial charge in [0.15, 0.2) is 0 Å². The Bertz CT molecular complexity index is 382. The van der Waals surface area contributed by atoms with E-state index < -0.39 is 0 Å². The van der Waals surface area contributed by atoms with E-state index in [9.17, 15) is 0 Å². The molecule has 1 aliphatic rings. The average Bonchev–Trinajstić information content (AvgIpc) is 2.34. The summed E-state index contributed by atoms with van der Waals surface area (Å²) in [5.41, 5.74) is 7.97. The second-order valence-electron chi connectivity index (χ2n) is 4.46. The van der Waals surface area contributed by atoms with E-state index >= 15 is 0 Å². The van der Waals surface area contributed by atoms with Crippen LogP contribution in [-0.2, 0) is 11.3 Å². The highest BCUT2D eigenvalue weighted by molar-refractivity contribution is 5.51. The molecule has 1 aliphatic heterocycles. The van der Waals surface area contributed by atoms with Crippen molar-refractivity contribution in [3.05, 3.63) is 23.8 Å². The number of hydrogen-bond acceptors (Lipinski definition) is 4. The number of nitrogens with zero attached hydrogens (tertiary/aromatic N) is 1. The van der Waals surface area contributed by atoms with Gasteiger partial charge in [-0.15, -0.1) is 0 Å².